The fraction of sp³-hybridized carbons (Fsp3) is 0.231. The molecule has 8 heteroatoms. The highest BCUT2D eigenvalue weighted by Gasteiger charge is 2.35. The molecule has 2 aliphatic heterocycles. The lowest BCUT2D eigenvalue weighted by atomic mass is 10.1. The number of amidine groups is 2. The first-order chi connectivity index (χ1) is 16.5. The maximum Gasteiger partial charge on any atom is 0.283 e. The summed E-state index contributed by atoms with van der Waals surface area (Å²) in [6.45, 7) is 5.40. The van der Waals surface area contributed by atoms with Crippen LogP contribution in [0.25, 0.3) is 17.0 Å². The number of carbonyl (C=O) groups excluding carboxylic acids is 1. The minimum absolute atomic E-state index is 0.0606. The van der Waals surface area contributed by atoms with Gasteiger partial charge in [-0.3, -0.25) is 10.2 Å². The van der Waals surface area contributed by atoms with Crippen LogP contribution in [0.3, 0.4) is 0 Å². The van der Waals surface area contributed by atoms with Crippen LogP contribution < -0.4 is 4.74 Å². The minimum Gasteiger partial charge on any atom is -0.492 e. The average molecular weight is 472 g/mol. The number of hydrogen-bond acceptors (Lipinski definition) is 5. The highest BCUT2D eigenvalue weighted by molar-refractivity contribution is 8.26. The number of aliphatic imine (C=N–C) groups is 1. The summed E-state index contributed by atoms with van der Waals surface area (Å²) in [5, 5.41) is 17.0. The topological polar surface area (TPSA) is 83.0 Å². The number of amides is 1. The lowest BCUT2D eigenvalue weighted by Gasteiger charge is -2.20. The van der Waals surface area contributed by atoms with E-state index in [4.69, 9.17) is 10.1 Å². The highest BCUT2D eigenvalue weighted by Crippen LogP contribution is 2.31. The summed E-state index contributed by atoms with van der Waals surface area (Å²) in [7, 11) is 0. The fourth-order valence-electron chi connectivity index (χ4n) is 3.97. The van der Waals surface area contributed by atoms with Crippen molar-refractivity contribution >= 4 is 50.7 Å². The van der Waals surface area contributed by atoms with Gasteiger partial charge >= 0.3 is 0 Å². The van der Waals surface area contributed by atoms with E-state index >= 15 is 0 Å². The summed E-state index contributed by atoms with van der Waals surface area (Å²) in [4.78, 5) is 17.1. The van der Waals surface area contributed by atoms with E-state index in [2.05, 4.69) is 28.5 Å². The van der Waals surface area contributed by atoms with Crippen molar-refractivity contribution in [3.05, 3.63) is 71.9 Å². The van der Waals surface area contributed by atoms with Gasteiger partial charge in [0, 0.05) is 29.1 Å². The third-order valence-corrected chi connectivity index (χ3v) is 6.47. The van der Waals surface area contributed by atoms with Crippen molar-refractivity contribution in [2.24, 2.45) is 16.0 Å². The Labute approximate surface area is 202 Å². The molecule has 34 heavy (non-hydrogen) atoms. The number of fused-ring (bicyclic) bond motifs is 2. The molecule has 5 rings (SSSR count). The van der Waals surface area contributed by atoms with E-state index in [9.17, 15) is 4.79 Å². The largest absolute Gasteiger partial charge is 0.492 e. The summed E-state index contributed by atoms with van der Waals surface area (Å²) < 4.78 is 7.98. The molecular formula is C26H25N5O2S. The number of carbonyl (C=O) groups is 1. The van der Waals surface area contributed by atoms with Crippen molar-refractivity contribution in [1.82, 2.24) is 9.58 Å². The first kappa shape index (κ1) is 22.2. The van der Waals surface area contributed by atoms with Crippen molar-refractivity contribution in [1.29, 1.82) is 5.41 Å². The highest BCUT2D eigenvalue weighted by atomic mass is 32.2. The molecule has 0 saturated heterocycles. The van der Waals surface area contributed by atoms with Crippen LogP contribution in [-0.2, 0) is 11.3 Å². The van der Waals surface area contributed by atoms with Crippen LogP contribution in [0.1, 0.15) is 25.8 Å². The lowest BCUT2D eigenvalue weighted by molar-refractivity contribution is -0.114. The first-order valence-corrected chi connectivity index (χ1v) is 12.1. The van der Waals surface area contributed by atoms with Gasteiger partial charge in [0.2, 0.25) is 5.17 Å². The second-order valence-corrected chi connectivity index (χ2v) is 9.61. The summed E-state index contributed by atoms with van der Waals surface area (Å²) in [5.41, 5.74) is 2.14. The maximum atomic E-state index is 12.8. The normalized spacial score (nSPS) is 16.9. The Morgan fingerprint density at radius 3 is 2.68 bits per heavy atom. The predicted molar refractivity (Wildman–Crippen MR) is 138 cm³/mol. The number of thioether (sulfide) groups is 1. The van der Waals surface area contributed by atoms with Crippen LogP contribution >= 0.6 is 11.8 Å². The van der Waals surface area contributed by atoms with E-state index in [1.165, 1.54) is 16.8 Å². The molecular weight excluding hydrogens is 446 g/mol. The van der Waals surface area contributed by atoms with Gasteiger partial charge in [0.05, 0.1) is 12.1 Å². The smallest absolute Gasteiger partial charge is 0.283 e. The number of nitrogens with one attached hydrogen (secondary N) is 1. The Morgan fingerprint density at radius 1 is 1.12 bits per heavy atom. The van der Waals surface area contributed by atoms with Crippen molar-refractivity contribution in [3.8, 4) is 5.75 Å². The van der Waals surface area contributed by atoms with Crippen molar-refractivity contribution < 1.29 is 9.53 Å². The number of para-hydroxylation sites is 2. The third kappa shape index (κ3) is 4.41. The minimum atomic E-state index is -0.408. The number of aromatic nitrogens is 1. The molecule has 172 valence electrons. The molecule has 1 N–H and O–H groups in total. The molecule has 0 atom stereocenters. The SMILES string of the molecule is CC(C)CC1=NN2C(=N)C(=Cc3cn(CCOc4ccccc4)c4ccccc34)C(=O)N=C2S1. The second kappa shape index (κ2) is 9.30. The van der Waals surface area contributed by atoms with Gasteiger partial charge in [0.15, 0.2) is 5.84 Å². The van der Waals surface area contributed by atoms with Gasteiger partial charge in [-0.05, 0) is 42.0 Å². The Balaban J connectivity index is 1.42. The molecule has 0 aliphatic carbocycles. The molecule has 0 unspecified atom stereocenters. The number of benzene rings is 2. The average Bonchev–Trinajstić information content (AvgIpc) is 3.38. The summed E-state index contributed by atoms with van der Waals surface area (Å²) in [5.74, 6) is 0.918. The molecule has 2 aliphatic rings. The van der Waals surface area contributed by atoms with Gasteiger partial charge in [0.1, 0.15) is 17.4 Å². The molecule has 3 heterocycles. The molecule has 7 nitrogen and oxygen atoms in total. The van der Waals surface area contributed by atoms with Gasteiger partial charge in [-0.2, -0.15) is 15.1 Å². The van der Waals surface area contributed by atoms with Gasteiger partial charge in [0.25, 0.3) is 5.91 Å². The molecule has 0 bridgehead atoms. The van der Waals surface area contributed by atoms with E-state index < -0.39 is 5.91 Å². The Bertz CT molecular complexity index is 1350. The molecule has 0 fully saturated rings. The van der Waals surface area contributed by atoms with Crippen LogP contribution in [0.4, 0.5) is 0 Å². The summed E-state index contributed by atoms with van der Waals surface area (Å²) >= 11 is 1.37. The lowest BCUT2D eigenvalue weighted by Crippen LogP contribution is -2.35. The molecule has 0 radical (unpaired) electrons. The van der Waals surface area contributed by atoms with Crippen molar-refractivity contribution in [3.63, 3.8) is 0 Å². The number of hydrogen-bond donors (Lipinski definition) is 1. The zero-order valence-electron chi connectivity index (χ0n) is 19.1. The molecule has 2 aromatic carbocycles. The van der Waals surface area contributed by atoms with Crippen molar-refractivity contribution in [2.45, 2.75) is 26.8 Å². The van der Waals surface area contributed by atoms with E-state index in [1.54, 1.807) is 6.08 Å². The zero-order chi connectivity index (χ0) is 23.7. The predicted octanol–water partition coefficient (Wildman–Crippen LogP) is 5.39. The van der Waals surface area contributed by atoms with E-state index in [-0.39, 0.29) is 11.4 Å². The maximum absolute atomic E-state index is 12.8. The second-order valence-electron chi connectivity index (χ2n) is 8.57. The van der Waals surface area contributed by atoms with Gasteiger partial charge in [-0.1, -0.05) is 50.2 Å². The third-order valence-electron chi connectivity index (χ3n) is 5.54. The zero-order valence-corrected chi connectivity index (χ0v) is 19.9. The standard InChI is InChI=1S/C26H25N5O2S/c1-17(2)14-23-29-31-24(27)21(25(32)28-26(31)34-23)15-18-16-30(22-11-7-6-10-20(18)22)12-13-33-19-8-4-3-5-9-19/h3-11,15-17,27H,12-14H2,1-2H3. The molecule has 0 saturated carbocycles. The Hall–Kier alpha value is -3.65. The quantitative estimate of drug-likeness (QED) is 0.469. The summed E-state index contributed by atoms with van der Waals surface area (Å²) in [6, 6.07) is 17.8. The van der Waals surface area contributed by atoms with Crippen LogP contribution in [0.2, 0.25) is 0 Å². The number of nitrogens with zero attached hydrogens (tertiary/aromatic N) is 4. The van der Waals surface area contributed by atoms with Gasteiger partial charge in [-0.25, -0.2) is 0 Å². The molecule has 0 spiro atoms. The number of rotatable bonds is 7. The van der Waals surface area contributed by atoms with Gasteiger partial charge in [-0.15, -0.1) is 0 Å². The van der Waals surface area contributed by atoms with Gasteiger partial charge < -0.3 is 9.30 Å². The fourth-order valence-corrected chi connectivity index (χ4v) is 5.07. The van der Waals surface area contributed by atoms with E-state index in [0.717, 1.165) is 33.7 Å². The molecule has 1 amide bonds. The number of ether oxygens (including phenoxy) is 1. The van der Waals surface area contributed by atoms with E-state index in [1.807, 2.05) is 60.8 Å². The molecule has 1 aromatic heterocycles. The van der Waals surface area contributed by atoms with Crippen molar-refractivity contribution in [2.75, 3.05) is 6.61 Å². The first-order valence-electron chi connectivity index (χ1n) is 11.2. The van der Waals surface area contributed by atoms with Crippen LogP contribution in [0.15, 0.2) is 76.5 Å². The Kier molecular flexibility index (Phi) is 6.06. The summed E-state index contributed by atoms with van der Waals surface area (Å²) in [6.07, 6.45) is 4.54. The van der Waals surface area contributed by atoms with E-state index in [0.29, 0.717) is 24.2 Å². The van der Waals surface area contributed by atoms with Crippen LogP contribution in [-0.4, -0.2) is 38.1 Å². The van der Waals surface area contributed by atoms with Crippen LogP contribution in [0, 0.1) is 11.3 Å². The van der Waals surface area contributed by atoms with Crippen LogP contribution in [0.5, 0.6) is 5.75 Å². The monoisotopic (exact) mass is 471 g/mol. The number of hydrazone groups is 1. The Morgan fingerprint density at radius 2 is 1.88 bits per heavy atom. The molecule has 3 aromatic rings.